The van der Waals surface area contributed by atoms with Crippen molar-refractivity contribution in [3.8, 4) is 16.9 Å². The Bertz CT molecular complexity index is 2030. The summed E-state index contributed by atoms with van der Waals surface area (Å²) in [5.74, 6) is -0.729. The predicted octanol–water partition coefficient (Wildman–Crippen LogP) is 8.27. The van der Waals surface area contributed by atoms with E-state index < -0.39 is 5.97 Å². The molecule has 0 saturated carbocycles. The van der Waals surface area contributed by atoms with Crippen LogP contribution in [-0.4, -0.2) is 41.0 Å². The lowest BCUT2D eigenvalue weighted by atomic mass is 9.88. The van der Waals surface area contributed by atoms with Gasteiger partial charge in [0.1, 0.15) is 6.61 Å². The van der Waals surface area contributed by atoms with E-state index >= 15 is 0 Å². The summed E-state index contributed by atoms with van der Waals surface area (Å²) in [6.07, 6.45) is 4.40. The van der Waals surface area contributed by atoms with Gasteiger partial charge in [-0.1, -0.05) is 74.5 Å². The second-order valence-electron chi connectivity index (χ2n) is 12.5. The lowest BCUT2D eigenvalue weighted by molar-refractivity contribution is -0.210. The number of rotatable bonds is 9. The van der Waals surface area contributed by atoms with E-state index in [0.717, 1.165) is 27.1 Å². The predicted molar refractivity (Wildman–Crippen MR) is 191 cm³/mol. The molecule has 3 aromatic carbocycles. The summed E-state index contributed by atoms with van der Waals surface area (Å²) in [5.41, 5.74) is 8.95. The number of hydrogen-bond acceptors (Lipinski definition) is 8. The average molecular weight is 688 g/mol. The average Bonchev–Trinajstić information content (AvgIpc) is 3.72. The van der Waals surface area contributed by atoms with Crippen LogP contribution in [0.15, 0.2) is 91.3 Å². The molecule has 9 nitrogen and oxygen atoms in total. The van der Waals surface area contributed by atoms with Crippen molar-refractivity contribution in [2.45, 2.75) is 52.0 Å². The van der Waals surface area contributed by atoms with Crippen LogP contribution in [0.4, 0.5) is 10.5 Å². The molecule has 50 heavy (non-hydrogen) atoms. The molecule has 5 aromatic rings. The zero-order chi connectivity index (χ0) is 34.8. The van der Waals surface area contributed by atoms with E-state index in [0.29, 0.717) is 36.5 Å². The van der Waals surface area contributed by atoms with Gasteiger partial charge in [0.15, 0.2) is 0 Å². The summed E-state index contributed by atoms with van der Waals surface area (Å²) in [6, 6.07) is 25.9. The third kappa shape index (κ3) is 6.46. The van der Waals surface area contributed by atoms with E-state index in [9.17, 15) is 14.4 Å². The first-order valence-corrected chi connectivity index (χ1v) is 17.6. The number of hydrogen-bond donors (Lipinski definition) is 1. The topological polar surface area (TPSA) is 107 Å². The fourth-order valence-electron chi connectivity index (χ4n) is 7.01. The largest absolute Gasteiger partial charge is 0.448 e. The Kier molecular flexibility index (Phi) is 9.36. The molecule has 3 heterocycles. The standard InChI is InChI=1S/C40H37N3O6S/c1-4-28-29(24(2)26-10-9-18-41-21-26)15-16-35(49-48-25(3)44)38(28)42-39(45)37-20-27-22-43(19-17-36(27)50-37)40(46)47-23-34-32-13-7-5-11-30(32)31-12-6-8-14-33(31)34/h5-16,18,20-21,24,34H,4,17,19,22-23H2,1-3H3,(H,42,45). The first kappa shape index (κ1) is 33.0. The van der Waals surface area contributed by atoms with Crippen LogP contribution in [0.25, 0.3) is 11.1 Å². The Labute approximate surface area is 294 Å². The SMILES string of the molecule is CCc1c(C(C)c2cccnc2)ccc(OOC(C)=O)c1NC(=O)c1cc2c(s1)CCN(C(=O)OCC1c3ccccc3-c3ccccc31)C2. The Balaban J connectivity index is 1.07. The van der Waals surface area contributed by atoms with Gasteiger partial charge in [-0.25, -0.2) is 9.59 Å². The molecule has 0 saturated heterocycles. The van der Waals surface area contributed by atoms with Crippen LogP contribution in [0.3, 0.4) is 0 Å². The minimum atomic E-state index is -0.611. The molecule has 0 bridgehead atoms. The Morgan fingerprint density at radius 2 is 1.74 bits per heavy atom. The lowest BCUT2D eigenvalue weighted by Gasteiger charge is -2.27. The van der Waals surface area contributed by atoms with Crippen LogP contribution in [0.2, 0.25) is 0 Å². The highest BCUT2D eigenvalue weighted by atomic mass is 32.1. The third-order valence-corrected chi connectivity index (χ3v) is 10.7. The highest BCUT2D eigenvalue weighted by Gasteiger charge is 2.31. The van der Waals surface area contributed by atoms with Gasteiger partial charge in [-0.05, 0) is 75.5 Å². The Morgan fingerprint density at radius 3 is 2.42 bits per heavy atom. The molecule has 1 unspecified atom stereocenters. The maximum absolute atomic E-state index is 13.8. The van der Waals surface area contributed by atoms with Gasteiger partial charge in [-0.2, -0.15) is 0 Å². The number of ether oxygens (including phenoxy) is 1. The van der Waals surface area contributed by atoms with Crippen molar-refractivity contribution in [1.82, 2.24) is 9.88 Å². The highest BCUT2D eigenvalue weighted by Crippen LogP contribution is 2.45. The molecule has 1 aliphatic heterocycles. The second kappa shape index (κ2) is 14.2. The van der Waals surface area contributed by atoms with E-state index in [1.165, 1.54) is 40.5 Å². The number of carbonyl (C=O) groups excluding carboxylic acids is 3. The van der Waals surface area contributed by atoms with Crippen molar-refractivity contribution in [2.75, 3.05) is 18.5 Å². The van der Waals surface area contributed by atoms with Gasteiger partial charge in [-0.15, -0.1) is 11.3 Å². The number of thiophene rings is 1. The lowest BCUT2D eigenvalue weighted by Crippen LogP contribution is -2.36. The van der Waals surface area contributed by atoms with Gasteiger partial charge in [0.2, 0.25) is 5.75 Å². The summed E-state index contributed by atoms with van der Waals surface area (Å²) < 4.78 is 5.93. The number of anilines is 1. The number of benzene rings is 3. The van der Waals surface area contributed by atoms with Gasteiger partial charge < -0.3 is 15.0 Å². The summed E-state index contributed by atoms with van der Waals surface area (Å²) in [4.78, 5) is 56.6. The van der Waals surface area contributed by atoms with Crippen LogP contribution in [-0.2, 0) is 33.8 Å². The first-order chi connectivity index (χ1) is 24.3. The Hall–Kier alpha value is -5.48. The van der Waals surface area contributed by atoms with Crippen molar-refractivity contribution in [3.63, 3.8) is 0 Å². The van der Waals surface area contributed by atoms with Crippen LogP contribution in [0.1, 0.15) is 80.5 Å². The zero-order valence-corrected chi connectivity index (χ0v) is 28.9. The third-order valence-electron chi connectivity index (χ3n) is 9.49. The molecule has 7 rings (SSSR count). The van der Waals surface area contributed by atoms with Gasteiger partial charge in [0.05, 0.1) is 17.1 Å². The summed E-state index contributed by atoms with van der Waals surface area (Å²) in [5, 5.41) is 3.06. The van der Waals surface area contributed by atoms with Gasteiger partial charge in [-0.3, -0.25) is 19.6 Å². The molecule has 1 N–H and O–H groups in total. The zero-order valence-electron chi connectivity index (χ0n) is 28.1. The minimum Gasteiger partial charge on any atom is -0.448 e. The van der Waals surface area contributed by atoms with E-state index in [4.69, 9.17) is 14.5 Å². The molecule has 0 fully saturated rings. The molecule has 0 radical (unpaired) electrons. The fourth-order valence-corrected chi connectivity index (χ4v) is 8.07. The van der Waals surface area contributed by atoms with Gasteiger partial charge in [0, 0.05) is 42.6 Å². The van der Waals surface area contributed by atoms with Crippen molar-refractivity contribution < 1.29 is 28.9 Å². The quantitative estimate of drug-likeness (QED) is 0.123. The number of aromatic nitrogens is 1. The van der Waals surface area contributed by atoms with Crippen molar-refractivity contribution in [3.05, 3.63) is 134 Å². The number of fused-ring (bicyclic) bond motifs is 4. The Morgan fingerprint density at radius 1 is 1.00 bits per heavy atom. The van der Waals surface area contributed by atoms with Crippen LogP contribution < -0.4 is 10.2 Å². The molecular formula is C40H37N3O6S. The molecule has 254 valence electrons. The smallest absolute Gasteiger partial charge is 0.410 e. The molecular weight excluding hydrogens is 651 g/mol. The molecule has 1 aliphatic carbocycles. The molecule has 2 aromatic heterocycles. The number of nitrogens with one attached hydrogen (secondary N) is 1. The maximum Gasteiger partial charge on any atom is 0.410 e. The van der Waals surface area contributed by atoms with Crippen LogP contribution >= 0.6 is 11.3 Å². The second-order valence-corrected chi connectivity index (χ2v) is 13.7. The normalized spacial score (nSPS) is 13.9. The van der Waals surface area contributed by atoms with Gasteiger partial charge in [0.25, 0.3) is 5.91 Å². The number of nitrogens with zero attached hydrogens (tertiary/aromatic N) is 2. The molecule has 2 aliphatic rings. The van der Waals surface area contributed by atoms with E-state index in [-0.39, 0.29) is 36.2 Å². The summed E-state index contributed by atoms with van der Waals surface area (Å²) >= 11 is 1.41. The fraction of sp³-hybridized carbons (Fsp3) is 0.250. The maximum atomic E-state index is 13.8. The van der Waals surface area contributed by atoms with E-state index in [1.54, 1.807) is 17.2 Å². The first-order valence-electron chi connectivity index (χ1n) is 16.8. The van der Waals surface area contributed by atoms with Crippen molar-refractivity contribution in [1.29, 1.82) is 0 Å². The molecule has 0 spiro atoms. The highest BCUT2D eigenvalue weighted by molar-refractivity contribution is 7.14. The van der Waals surface area contributed by atoms with Crippen LogP contribution in [0, 0.1) is 0 Å². The van der Waals surface area contributed by atoms with E-state index in [1.807, 2.05) is 61.7 Å². The number of pyridine rings is 1. The van der Waals surface area contributed by atoms with E-state index in [2.05, 4.69) is 41.5 Å². The number of amides is 2. The number of carbonyl (C=O) groups is 3. The molecule has 10 heteroatoms. The molecule has 1 atom stereocenters. The summed E-state index contributed by atoms with van der Waals surface area (Å²) in [7, 11) is 0. The van der Waals surface area contributed by atoms with Gasteiger partial charge >= 0.3 is 12.1 Å². The van der Waals surface area contributed by atoms with Crippen LogP contribution in [0.5, 0.6) is 5.75 Å². The monoisotopic (exact) mass is 687 g/mol. The summed E-state index contributed by atoms with van der Waals surface area (Å²) in [6.45, 7) is 6.44. The molecule has 2 amide bonds. The van der Waals surface area contributed by atoms with Crippen molar-refractivity contribution >= 4 is 35.0 Å². The minimum absolute atomic E-state index is 0.0169. The van der Waals surface area contributed by atoms with Crippen molar-refractivity contribution in [2.24, 2.45) is 0 Å².